The third-order valence-corrected chi connectivity index (χ3v) is 3.43. The van der Waals surface area contributed by atoms with E-state index in [4.69, 9.17) is 0 Å². The molecule has 1 aromatic carbocycles. The molecule has 1 fully saturated rings. The molecule has 1 aromatic rings. The molecule has 0 heterocycles. The maximum atomic E-state index is 3.66. The van der Waals surface area contributed by atoms with E-state index in [-0.39, 0.29) is 0 Å². The van der Waals surface area contributed by atoms with Gasteiger partial charge in [0.2, 0.25) is 0 Å². The molecule has 1 saturated carbocycles. The Balaban J connectivity index is 1.92. The molecule has 15 heavy (non-hydrogen) atoms. The quantitative estimate of drug-likeness (QED) is 0.794. The van der Waals surface area contributed by atoms with Crippen LogP contribution >= 0.6 is 0 Å². The van der Waals surface area contributed by atoms with Crippen molar-refractivity contribution in [3.63, 3.8) is 0 Å². The highest BCUT2D eigenvalue weighted by Crippen LogP contribution is 2.18. The average molecular weight is 203 g/mol. The van der Waals surface area contributed by atoms with Crippen molar-refractivity contribution in [3.05, 3.63) is 34.9 Å². The van der Waals surface area contributed by atoms with Crippen LogP contribution < -0.4 is 5.32 Å². The van der Waals surface area contributed by atoms with Crippen LogP contribution in [-0.2, 0) is 6.54 Å². The van der Waals surface area contributed by atoms with E-state index in [1.807, 2.05) is 0 Å². The van der Waals surface area contributed by atoms with Crippen LogP contribution in [0.3, 0.4) is 0 Å². The molecule has 1 N–H and O–H groups in total. The molecule has 0 amide bonds. The van der Waals surface area contributed by atoms with Crippen molar-refractivity contribution in [1.82, 2.24) is 5.32 Å². The summed E-state index contributed by atoms with van der Waals surface area (Å²) in [5, 5.41) is 3.66. The molecular formula is C14H21N. The summed E-state index contributed by atoms with van der Waals surface area (Å²) < 4.78 is 0. The van der Waals surface area contributed by atoms with Crippen molar-refractivity contribution in [1.29, 1.82) is 0 Å². The van der Waals surface area contributed by atoms with Gasteiger partial charge in [-0.1, -0.05) is 36.6 Å². The molecule has 1 aliphatic carbocycles. The molecule has 0 unspecified atom stereocenters. The van der Waals surface area contributed by atoms with Gasteiger partial charge >= 0.3 is 0 Å². The van der Waals surface area contributed by atoms with Gasteiger partial charge in [0.15, 0.2) is 0 Å². The summed E-state index contributed by atoms with van der Waals surface area (Å²) in [6, 6.07) is 7.50. The van der Waals surface area contributed by atoms with E-state index in [0.717, 1.165) is 12.6 Å². The lowest BCUT2D eigenvalue weighted by atomic mass is 10.1. The molecule has 1 nitrogen and oxygen atoms in total. The maximum absolute atomic E-state index is 3.66. The molecule has 0 spiro atoms. The Labute approximate surface area is 92.9 Å². The highest BCUT2D eigenvalue weighted by Gasteiger charge is 2.13. The van der Waals surface area contributed by atoms with Crippen LogP contribution in [-0.4, -0.2) is 6.04 Å². The summed E-state index contributed by atoms with van der Waals surface area (Å²) in [5.41, 5.74) is 4.23. The molecule has 0 saturated heterocycles. The number of benzene rings is 1. The molecule has 1 aliphatic rings. The van der Waals surface area contributed by atoms with Crippen LogP contribution in [0.5, 0.6) is 0 Å². The lowest BCUT2D eigenvalue weighted by Crippen LogP contribution is -2.25. The van der Waals surface area contributed by atoms with Crippen molar-refractivity contribution in [3.8, 4) is 0 Å². The third kappa shape index (κ3) is 2.82. The van der Waals surface area contributed by atoms with Crippen LogP contribution in [0.4, 0.5) is 0 Å². The molecule has 0 atom stereocenters. The maximum Gasteiger partial charge on any atom is 0.0210 e. The van der Waals surface area contributed by atoms with Gasteiger partial charge in [-0.25, -0.2) is 0 Å². The van der Waals surface area contributed by atoms with E-state index in [1.165, 1.54) is 42.4 Å². The number of hydrogen-bond acceptors (Lipinski definition) is 1. The zero-order valence-corrected chi connectivity index (χ0v) is 9.84. The first-order chi connectivity index (χ1) is 7.25. The van der Waals surface area contributed by atoms with E-state index in [1.54, 1.807) is 0 Å². The van der Waals surface area contributed by atoms with E-state index >= 15 is 0 Å². The highest BCUT2D eigenvalue weighted by molar-refractivity contribution is 5.30. The van der Waals surface area contributed by atoms with Gasteiger partial charge < -0.3 is 5.32 Å². The van der Waals surface area contributed by atoms with Gasteiger partial charge in [0.1, 0.15) is 0 Å². The molecule has 0 aromatic heterocycles. The second-order valence-corrected chi connectivity index (χ2v) is 4.79. The normalized spacial score (nSPS) is 17.2. The number of hydrogen-bond donors (Lipinski definition) is 1. The van der Waals surface area contributed by atoms with Crippen LogP contribution in [0.2, 0.25) is 0 Å². The minimum atomic E-state index is 0.769. The summed E-state index contributed by atoms with van der Waals surface area (Å²) in [6.07, 6.45) is 5.55. The van der Waals surface area contributed by atoms with Crippen LogP contribution in [0.15, 0.2) is 18.2 Å². The number of rotatable bonds is 3. The molecule has 0 bridgehead atoms. The second-order valence-electron chi connectivity index (χ2n) is 4.79. The minimum absolute atomic E-state index is 0.769. The fourth-order valence-corrected chi connectivity index (χ4v) is 2.43. The third-order valence-electron chi connectivity index (χ3n) is 3.43. The Morgan fingerprint density at radius 1 is 1.20 bits per heavy atom. The van der Waals surface area contributed by atoms with Crippen LogP contribution in [0, 0.1) is 13.8 Å². The summed E-state index contributed by atoms with van der Waals surface area (Å²) in [4.78, 5) is 0. The summed E-state index contributed by atoms with van der Waals surface area (Å²) in [7, 11) is 0. The lowest BCUT2D eigenvalue weighted by Gasteiger charge is -2.13. The van der Waals surface area contributed by atoms with Gasteiger partial charge in [0.05, 0.1) is 0 Å². The Morgan fingerprint density at radius 3 is 2.60 bits per heavy atom. The van der Waals surface area contributed by atoms with Gasteiger partial charge in [-0.3, -0.25) is 0 Å². The van der Waals surface area contributed by atoms with Gasteiger partial charge in [-0.05, 0) is 37.8 Å². The van der Waals surface area contributed by atoms with Crippen LogP contribution in [0.25, 0.3) is 0 Å². The predicted octanol–water partition coefficient (Wildman–Crippen LogP) is 3.34. The highest BCUT2D eigenvalue weighted by atomic mass is 14.9. The standard InChI is InChI=1S/C14H21N/c1-11-7-8-13(12(2)9-11)10-15-14-5-3-4-6-14/h7-9,14-15H,3-6,10H2,1-2H3. The monoisotopic (exact) mass is 203 g/mol. The first-order valence-electron chi connectivity index (χ1n) is 6.05. The Kier molecular flexibility index (Phi) is 3.42. The minimum Gasteiger partial charge on any atom is -0.310 e. The zero-order valence-electron chi connectivity index (χ0n) is 9.84. The molecule has 0 aliphatic heterocycles. The van der Waals surface area contributed by atoms with E-state index in [9.17, 15) is 0 Å². The summed E-state index contributed by atoms with van der Waals surface area (Å²) >= 11 is 0. The van der Waals surface area contributed by atoms with E-state index in [2.05, 4.69) is 37.4 Å². The predicted molar refractivity (Wildman–Crippen MR) is 65.0 cm³/mol. The molecule has 1 heteroatoms. The van der Waals surface area contributed by atoms with Gasteiger partial charge in [0, 0.05) is 12.6 Å². The molecule has 0 radical (unpaired) electrons. The Hall–Kier alpha value is -0.820. The zero-order chi connectivity index (χ0) is 10.7. The molecular weight excluding hydrogens is 182 g/mol. The van der Waals surface area contributed by atoms with Crippen molar-refractivity contribution in [2.75, 3.05) is 0 Å². The van der Waals surface area contributed by atoms with Gasteiger partial charge in [-0.2, -0.15) is 0 Å². The van der Waals surface area contributed by atoms with Crippen molar-refractivity contribution >= 4 is 0 Å². The SMILES string of the molecule is Cc1ccc(CNC2CCCC2)c(C)c1. The van der Waals surface area contributed by atoms with Gasteiger partial charge in [-0.15, -0.1) is 0 Å². The average Bonchev–Trinajstić information content (AvgIpc) is 2.69. The summed E-state index contributed by atoms with van der Waals surface area (Å²) in [5.74, 6) is 0. The molecule has 82 valence electrons. The Bertz CT molecular complexity index is 324. The fourth-order valence-electron chi connectivity index (χ4n) is 2.43. The first-order valence-corrected chi connectivity index (χ1v) is 6.05. The lowest BCUT2D eigenvalue weighted by molar-refractivity contribution is 0.523. The largest absolute Gasteiger partial charge is 0.310 e. The molecule has 2 rings (SSSR count). The second kappa shape index (κ2) is 4.80. The van der Waals surface area contributed by atoms with Crippen molar-refractivity contribution < 1.29 is 0 Å². The summed E-state index contributed by atoms with van der Waals surface area (Å²) in [6.45, 7) is 5.40. The topological polar surface area (TPSA) is 12.0 Å². The first kappa shape index (κ1) is 10.7. The number of nitrogens with one attached hydrogen (secondary N) is 1. The Morgan fingerprint density at radius 2 is 1.93 bits per heavy atom. The number of aryl methyl sites for hydroxylation is 2. The van der Waals surface area contributed by atoms with Crippen LogP contribution in [0.1, 0.15) is 42.4 Å². The van der Waals surface area contributed by atoms with E-state index < -0.39 is 0 Å². The fraction of sp³-hybridized carbons (Fsp3) is 0.571. The van der Waals surface area contributed by atoms with Crippen molar-refractivity contribution in [2.24, 2.45) is 0 Å². The van der Waals surface area contributed by atoms with Crippen molar-refractivity contribution in [2.45, 2.75) is 52.1 Å². The van der Waals surface area contributed by atoms with E-state index in [0.29, 0.717) is 0 Å². The smallest absolute Gasteiger partial charge is 0.0210 e. The van der Waals surface area contributed by atoms with Gasteiger partial charge in [0.25, 0.3) is 0 Å².